The highest BCUT2D eigenvalue weighted by atomic mass is 16.3. The van der Waals surface area contributed by atoms with Crippen LogP contribution in [0, 0.1) is 0 Å². The highest BCUT2D eigenvalue weighted by Gasteiger charge is 2.20. The Balaban J connectivity index is 1.72. The van der Waals surface area contributed by atoms with Crippen LogP contribution in [0.3, 0.4) is 0 Å². The Morgan fingerprint density at radius 2 is 1.81 bits per heavy atom. The lowest BCUT2D eigenvalue weighted by molar-refractivity contribution is -0.123. The maximum Gasteiger partial charge on any atom is 0.242 e. The number of nitrogens with one attached hydrogen (secondary N) is 2. The Morgan fingerprint density at radius 1 is 0.962 bits per heavy atom. The molecule has 0 aliphatic heterocycles. The van der Waals surface area contributed by atoms with Crippen molar-refractivity contribution in [2.24, 2.45) is 0 Å². The van der Waals surface area contributed by atoms with Crippen molar-refractivity contribution in [2.45, 2.75) is 19.1 Å². The molecule has 3 aromatic rings. The lowest BCUT2D eigenvalue weighted by Gasteiger charge is -2.19. The minimum absolute atomic E-state index is 0.123. The molecular formula is C20H20N4O2. The summed E-state index contributed by atoms with van der Waals surface area (Å²) in [5.41, 5.74) is 2.64. The van der Waals surface area contributed by atoms with E-state index in [4.69, 9.17) is 0 Å². The van der Waals surface area contributed by atoms with E-state index in [-0.39, 0.29) is 11.7 Å². The molecule has 6 heteroatoms. The smallest absolute Gasteiger partial charge is 0.242 e. The van der Waals surface area contributed by atoms with Crippen molar-refractivity contribution < 1.29 is 9.90 Å². The van der Waals surface area contributed by atoms with Crippen molar-refractivity contribution in [1.82, 2.24) is 20.6 Å². The van der Waals surface area contributed by atoms with Gasteiger partial charge in [0.15, 0.2) is 0 Å². The van der Waals surface area contributed by atoms with Crippen molar-refractivity contribution >= 4 is 5.91 Å². The number of phenols is 1. The van der Waals surface area contributed by atoms with E-state index in [0.29, 0.717) is 18.7 Å². The summed E-state index contributed by atoms with van der Waals surface area (Å²) in [5.74, 6) is -0.0493. The third kappa shape index (κ3) is 4.87. The fraction of sp³-hybridized carbons (Fsp3) is 0.150. The summed E-state index contributed by atoms with van der Waals surface area (Å²) in [6.45, 7) is 0.891. The van der Waals surface area contributed by atoms with Gasteiger partial charge in [-0.15, -0.1) is 0 Å². The number of carbonyl (C=O) groups is 1. The molecule has 0 aliphatic carbocycles. The Labute approximate surface area is 152 Å². The second-order valence-corrected chi connectivity index (χ2v) is 5.84. The van der Waals surface area contributed by atoms with E-state index in [2.05, 4.69) is 20.6 Å². The Kier molecular flexibility index (Phi) is 5.90. The number of carbonyl (C=O) groups excluding carboxylic acids is 1. The molecule has 1 atom stereocenters. The number of benzene rings is 1. The predicted octanol–water partition coefficient (Wildman–Crippen LogP) is 2.33. The second kappa shape index (κ2) is 8.73. The molecule has 0 radical (unpaired) electrons. The Morgan fingerprint density at radius 3 is 2.54 bits per heavy atom. The second-order valence-electron chi connectivity index (χ2n) is 5.84. The molecule has 1 amide bonds. The van der Waals surface area contributed by atoms with E-state index < -0.39 is 6.04 Å². The number of hydrogen-bond acceptors (Lipinski definition) is 5. The van der Waals surface area contributed by atoms with Gasteiger partial charge in [0.1, 0.15) is 11.8 Å². The zero-order valence-electron chi connectivity index (χ0n) is 14.2. The number of rotatable bonds is 7. The molecule has 6 nitrogen and oxygen atoms in total. The number of nitrogens with zero attached hydrogens (tertiary/aromatic N) is 2. The average Bonchev–Trinajstić information content (AvgIpc) is 2.68. The molecule has 2 aromatic heterocycles. The van der Waals surface area contributed by atoms with Gasteiger partial charge in [0, 0.05) is 37.9 Å². The molecule has 2 heterocycles. The van der Waals surface area contributed by atoms with E-state index in [1.165, 1.54) is 0 Å². The van der Waals surface area contributed by atoms with Crippen LogP contribution in [0.15, 0.2) is 73.3 Å². The fourth-order valence-electron chi connectivity index (χ4n) is 2.58. The first-order chi connectivity index (χ1) is 12.7. The first kappa shape index (κ1) is 17.6. The molecule has 3 N–H and O–H groups in total. The maximum atomic E-state index is 12.8. The van der Waals surface area contributed by atoms with Gasteiger partial charge in [-0.3, -0.25) is 20.1 Å². The third-order valence-electron chi connectivity index (χ3n) is 3.91. The monoisotopic (exact) mass is 348 g/mol. The van der Waals surface area contributed by atoms with E-state index in [0.717, 1.165) is 11.1 Å². The van der Waals surface area contributed by atoms with Crippen LogP contribution in [-0.2, 0) is 17.9 Å². The van der Waals surface area contributed by atoms with E-state index in [1.807, 2.05) is 30.3 Å². The summed E-state index contributed by atoms with van der Waals surface area (Å²) in [6.07, 6.45) is 6.83. The van der Waals surface area contributed by atoms with Gasteiger partial charge in [-0.05, 0) is 47.0 Å². The number of hydrogen-bond donors (Lipinski definition) is 3. The highest BCUT2D eigenvalue weighted by molar-refractivity contribution is 5.83. The van der Waals surface area contributed by atoms with Crippen LogP contribution in [0.5, 0.6) is 5.75 Å². The fourth-order valence-corrected chi connectivity index (χ4v) is 2.58. The summed E-state index contributed by atoms with van der Waals surface area (Å²) in [4.78, 5) is 20.8. The first-order valence-corrected chi connectivity index (χ1v) is 8.30. The third-order valence-corrected chi connectivity index (χ3v) is 3.91. The Hall–Kier alpha value is -3.25. The van der Waals surface area contributed by atoms with Crippen LogP contribution in [0.4, 0.5) is 0 Å². The maximum absolute atomic E-state index is 12.8. The van der Waals surface area contributed by atoms with E-state index >= 15 is 0 Å². The van der Waals surface area contributed by atoms with Gasteiger partial charge < -0.3 is 10.4 Å². The molecule has 1 unspecified atom stereocenters. The van der Waals surface area contributed by atoms with Crippen molar-refractivity contribution in [3.63, 3.8) is 0 Å². The zero-order valence-corrected chi connectivity index (χ0v) is 14.2. The summed E-state index contributed by atoms with van der Waals surface area (Å²) in [6, 6.07) is 13.6. The minimum Gasteiger partial charge on any atom is -0.508 e. The number of aromatic nitrogens is 2. The van der Waals surface area contributed by atoms with Crippen molar-refractivity contribution in [3.8, 4) is 5.75 Å². The summed E-state index contributed by atoms with van der Waals surface area (Å²) >= 11 is 0. The van der Waals surface area contributed by atoms with Crippen molar-refractivity contribution in [1.29, 1.82) is 0 Å². The normalized spacial score (nSPS) is 11.7. The van der Waals surface area contributed by atoms with Gasteiger partial charge in [0.25, 0.3) is 0 Å². The zero-order chi connectivity index (χ0) is 18.2. The largest absolute Gasteiger partial charge is 0.508 e. The van der Waals surface area contributed by atoms with E-state index in [1.54, 1.807) is 43.0 Å². The standard InChI is InChI=1S/C20H20N4O2/c25-18-5-1-4-17(11-18)19(23-13-15-6-9-21-10-7-15)20(26)24-14-16-3-2-8-22-12-16/h1-12,19,23,25H,13-14H2,(H,24,26). The van der Waals surface area contributed by atoms with Crippen LogP contribution in [0.2, 0.25) is 0 Å². The number of aromatic hydroxyl groups is 1. The number of phenolic OH excluding ortho intramolecular Hbond substituents is 1. The van der Waals surface area contributed by atoms with Gasteiger partial charge in [-0.25, -0.2) is 0 Å². The molecule has 0 bridgehead atoms. The van der Waals surface area contributed by atoms with Crippen molar-refractivity contribution in [3.05, 3.63) is 90.0 Å². The van der Waals surface area contributed by atoms with Crippen LogP contribution < -0.4 is 10.6 Å². The van der Waals surface area contributed by atoms with E-state index in [9.17, 15) is 9.90 Å². The van der Waals surface area contributed by atoms with Gasteiger partial charge in [-0.1, -0.05) is 18.2 Å². The van der Waals surface area contributed by atoms with Crippen molar-refractivity contribution in [2.75, 3.05) is 0 Å². The molecule has 132 valence electrons. The molecule has 0 fully saturated rings. The predicted molar refractivity (Wildman–Crippen MR) is 98.0 cm³/mol. The summed E-state index contributed by atoms with van der Waals surface area (Å²) in [7, 11) is 0. The summed E-state index contributed by atoms with van der Waals surface area (Å²) in [5, 5.41) is 15.9. The number of amides is 1. The lowest BCUT2D eigenvalue weighted by Crippen LogP contribution is -2.37. The van der Waals surface area contributed by atoms with Crippen LogP contribution >= 0.6 is 0 Å². The minimum atomic E-state index is -0.591. The molecular weight excluding hydrogens is 328 g/mol. The first-order valence-electron chi connectivity index (χ1n) is 8.30. The average molecular weight is 348 g/mol. The highest BCUT2D eigenvalue weighted by Crippen LogP contribution is 2.19. The molecule has 0 saturated carbocycles. The molecule has 0 aliphatic rings. The quantitative estimate of drug-likeness (QED) is 0.610. The topological polar surface area (TPSA) is 87.1 Å². The molecule has 26 heavy (non-hydrogen) atoms. The summed E-state index contributed by atoms with van der Waals surface area (Å²) < 4.78 is 0. The van der Waals surface area contributed by atoms with Crippen LogP contribution in [0.25, 0.3) is 0 Å². The molecule has 3 rings (SSSR count). The van der Waals surface area contributed by atoms with Gasteiger partial charge in [-0.2, -0.15) is 0 Å². The van der Waals surface area contributed by atoms with Gasteiger partial charge in [0.05, 0.1) is 0 Å². The van der Waals surface area contributed by atoms with Crippen LogP contribution in [-0.4, -0.2) is 21.0 Å². The number of pyridine rings is 2. The van der Waals surface area contributed by atoms with Gasteiger partial charge in [0.2, 0.25) is 5.91 Å². The molecule has 0 spiro atoms. The molecule has 1 aromatic carbocycles. The SMILES string of the molecule is O=C(NCc1cccnc1)C(NCc1ccncc1)c1cccc(O)c1. The lowest BCUT2D eigenvalue weighted by atomic mass is 10.0. The van der Waals surface area contributed by atoms with Gasteiger partial charge >= 0.3 is 0 Å². The van der Waals surface area contributed by atoms with Crippen LogP contribution in [0.1, 0.15) is 22.7 Å². The Bertz CT molecular complexity index is 841. The molecule has 0 saturated heterocycles.